The van der Waals surface area contributed by atoms with Crippen LogP contribution in [-0.4, -0.2) is 83.4 Å². The summed E-state index contributed by atoms with van der Waals surface area (Å²) in [6.45, 7) is 6.70. The number of ether oxygens (including phenoxy) is 3. The lowest BCUT2D eigenvalue weighted by Crippen LogP contribution is -2.41. The van der Waals surface area contributed by atoms with Crippen LogP contribution >= 0.6 is 24.0 Å². The van der Waals surface area contributed by atoms with Crippen LogP contribution in [0, 0.1) is 5.92 Å². The first-order valence-electron chi connectivity index (χ1n) is 10.6. The van der Waals surface area contributed by atoms with E-state index in [4.69, 9.17) is 14.2 Å². The summed E-state index contributed by atoms with van der Waals surface area (Å²) >= 11 is 0. The molecule has 2 heterocycles. The summed E-state index contributed by atoms with van der Waals surface area (Å²) in [6.07, 6.45) is 4.74. The molecule has 170 valence electrons. The molecule has 1 unspecified atom stereocenters. The number of methoxy groups -OCH3 is 3. The van der Waals surface area contributed by atoms with Crippen molar-refractivity contribution < 1.29 is 14.2 Å². The molecule has 0 aliphatic carbocycles. The molecule has 1 aromatic carbocycles. The molecule has 0 saturated carbocycles. The van der Waals surface area contributed by atoms with Crippen LogP contribution in [0.15, 0.2) is 17.1 Å². The Morgan fingerprint density at radius 1 is 1.07 bits per heavy atom. The molecule has 1 aromatic rings. The minimum absolute atomic E-state index is 0. The number of nitrogens with one attached hydrogen (secondary N) is 1. The largest absolute Gasteiger partial charge is 0.496 e. The van der Waals surface area contributed by atoms with Gasteiger partial charge in [0.05, 0.1) is 21.3 Å². The zero-order chi connectivity index (χ0) is 20.6. The van der Waals surface area contributed by atoms with Crippen LogP contribution in [0.25, 0.3) is 0 Å². The average molecular weight is 532 g/mol. The van der Waals surface area contributed by atoms with Crippen molar-refractivity contribution in [2.45, 2.75) is 25.7 Å². The summed E-state index contributed by atoms with van der Waals surface area (Å²) in [5, 5.41) is 3.53. The number of guanidine groups is 1. The number of rotatable bonds is 8. The van der Waals surface area contributed by atoms with Crippen molar-refractivity contribution in [2.24, 2.45) is 10.9 Å². The molecule has 30 heavy (non-hydrogen) atoms. The van der Waals surface area contributed by atoms with Crippen molar-refractivity contribution in [3.8, 4) is 17.2 Å². The maximum absolute atomic E-state index is 5.56. The van der Waals surface area contributed by atoms with E-state index >= 15 is 0 Å². The first kappa shape index (κ1) is 24.8. The third-order valence-corrected chi connectivity index (χ3v) is 5.99. The van der Waals surface area contributed by atoms with Crippen LogP contribution in [-0.2, 0) is 6.42 Å². The lowest BCUT2D eigenvalue weighted by molar-refractivity contribution is 0.281. The molecule has 0 bridgehead atoms. The zero-order valence-electron chi connectivity index (χ0n) is 18.8. The zero-order valence-corrected chi connectivity index (χ0v) is 21.1. The maximum atomic E-state index is 5.56. The molecule has 2 saturated heterocycles. The van der Waals surface area contributed by atoms with Crippen LogP contribution in [0.4, 0.5) is 0 Å². The summed E-state index contributed by atoms with van der Waals surface area (Å²) in [5.41, 5.74) is 1.03. The van der Waals surface area contributed by atoms with Crippen molar-refractivity contribution in [1.29, 1.82) is 0 Å². The van der Waals surface area contributed by atoms with Gasteiger partial charge >= 0.3 is 0 Å². The molecule has 0 amide bonds. The van der Waals surface area contributed by atoms with Gasteiger partial charge in [-0.15, -0.1) is 24.0 Å². The van der Waals surface area contributed by atoms with Gasteiger partial charge in [-0.3, -0.25) is 4.99 Å². The number of aliphatic imine (C=N–C) groups is 1. The van der Waals surface area contributed by atoms with E-state index in [2.05, 4.69) is 20.1 Å². The molecule has 7 nitrogen and oxygen atoms in total. The van der Waals surface area contributed by atoms with E-state index < -0.39 is 0 Å². The number of halogens is 1. The minimum atomic E-state index is 0. The molecular weight excluding hydrogens is 495 g/mol. The normalized spacial score (nSPS) is 19.5. The van der Waals surface area contributed by atoms with Crippen molar-refractivity contribution in [1.82, 2.24) is 15.1 Å². The minimum Gasteiger partial charge on any atom is -0.496 e. The summed E-state index contributed by atoms with van der Waals surface area (Å²) in [7, 11) is 6.86. The number of benzene rings is 1. The third-order valence-electron chi connectivity index (χ3n) is 5.99. The van der Waals surface area contributed by atoms with Crippen LogP contribution in [0.3, 0.4) is 0 Å². The number of hydrogen-bond donors (Lipinski definition) is 1. The summed E-state index contributed by atoms with van der Waals surface area (Å²) in [6, 6.07) is 3.80. The van der Waals surface area contributed by atoms with Gasteiger partial charge in [-0.05, 0) is 44.7 Å². The van der Waals surface area contributed by atoms with E-state index in [1.807, 2.05) is 19.2 Å². The van der Waals surface area contributed by atoms with Crippen molar-refractivity contribution in [2.75, 3.05) is 67.6 Å². The predicted octanol–water partition coefficient (Wildman–Crippen LogP) is 2.87. The van der Waals surface area contributed by atoms with Crippen molar-refractivity contribution in [3.63, 3.8) is 0 Å². The van der Waals surface area contributed by atoms with E-state index in [-0.39, 0.29) is 24.0 Å². The molecule has 0 spiro atoms. The summed E-state index contributed by atoms with van der Waals surface area (Å²) in [4.78, 5) is 9.53. The Balaban J connectivity index is 0.00000320. The first-order valence-corrected chi connectivity index (χ1v) is 10.6. The molecular formula is C22H37IN4O3. The lowest BCUT2D eigenvalue weighted by atomic mass is 10.1. The second kappa shape index (κ2) is 12.4. The quantitative estimate of drug-likeness (QED) is 0.316. The summed E-state index contributed by atoms with van der Waals surface area (Å²) in [5.74, 6) is 4.02. The molecule has 3 rings (SSSR count). The second-order valence-corrected chi connectivity index (χ2v) is 7.84. The Morgan fingerprint density at radius 3 is 2.30 bits per heavy atom. The van der Waals surface area contributed by atoms with Crippen LogP contribution in [0.5, 0.6) is 17.2 Å². The van der Waals surface area contributed by atoms with E-state index in [0.717, 1.165) is 60.7 Å². The van der Waals surface area contributed by atoms with E-state index in [0.29, 0.717) is 0 Å². The van der Waals surface area contributed by atoms with Crippen LogP contribution in [0.2, 0.25) is 0 Å². The van der Waals surface area contributed by atoms with Crippen molar-refractivity contribution >= 4 is 29.9 Å². The van der Waals surface area contributed by atoms with E-state index in [1.54, 1.807) is 21.3 Å². The molecule has 2 aliphatic heterocycles. The van der Waals surface area contributed by atoms with Gasteiger partial charge in [0.15, 0.2) is 5.96 Å². The first-order chi connectivity index (χ1) is 14.2. The van der Waals surface area contributed by atoms with Gasteiger partial charge in [0, 0.05) is 50.9 Å². The molecule has 0 radical (unpaired) electrons. The van der Waals surface area contributed by atoms with Gasteiger partial charge in [0.25, 0.3) is 0 Å². The number of nitrogens with zero attached hydrogens (tertiary/aromatic N) is 3. The Hall–Kier alpha value is -1.42. The SMILES string of the molecule is CN=C(NCCc1c(OC)cc(OC)cc1OC)N1CCC(CN2CCCC2)C1.I. The molecule has 1 atom stereocenters. The standard InChI is InChI=1S/C22H36N4O3.HI/c1-23-22(26-12-8-17(16-26)15-25-10-5-6-11-25)24-9-7-19-20(28-3)13-18(27-2)14-21(19)29-4;/h13-14,17H,5-12,15-16H2,1-4H3,(H,23,24);1H. The molecule has 1 N–H and O–H groups in total. The highest BCUT2D eigenvalue weighted by atomic mass is 127. The molecule has 2 aliphatic rings. The highest BCUT2D eigenvalue weighted by Gasteiger charge is 2.27. The van der Waals surface area contributed by atoms with E-state index in [1.165, 1.54) is 38.9 Å². The number of hydrogen-bond acceptors (Lipinski definition) is 5. The Labute approximate surface area is 198 Å². The number of likely N-dealkylation sites (tertiary alicyclic amines) is 2. The van der Waals surface area contributed by atoms with Gasteiger partial charge in [-0.2, -0.15) is 0 Å². The monoisotopic (exact) mass is 532 g/mol. The van der Waals surface area contributed by atoms with E-state index in [9.17, 15) is 0 Å². The second-order valence-electron chi connectivity index (χ2n) is 7.84. The van der Waals surface area contributed by atoms with Gasteiger partial charge < -0.3 is 29.3 Å². The highest BCUT2D eigenvalue weighted by molar-refractivity contribution is 14.0. The Morgan fingerprint density at radius 2 is 1.73 bits per heavy atom. The van der Waals surface area contributed by atoms with Gasteiger partial charge in [-0.1, -0.05) is 0 Å². The van der Waals surface area contributed by atoms with Gasteiger partial charge in [-0.25, -0.2) is 0 Å². The highest BCUT2D eigenvalue weighted by Crippen LogP contribution is 2.34. The third kappa shape index (κ3) is 6.29. The van der Waals surface area contributed by atoms with Gasteiger partial charge in [0.2, 0.25) is 0 Å². The predicted molar refractivity (Wildman–Crippen MR) is 132 cm³/mol. The fraction of sp³-hybridized carbons (Fsp3) is 0.682. The Bertz CT molecular complexity index is 670. The topological polar surface area (TPSA) is 58.6 Å². The summed E-state index contributed by atoms with van der Waals surface area (Å²) < 4.78 is 16.5. The van der Waals surface area contributed by atoms with Crippen LogP contribution < -0.4 is 19.5 Å². The fourth-order valence-electron chi connectivity index (χ4n) is 4.46. The van der Waals surface area contributed by atoms with Gasteiger partial charge in [0.1, 0.15) is 17.2 Å². The lowest BCUT2D eigenvalue weighted by Gasteiger charge is -2.23. The van der Waals surface area contributed by atoms with Crippen LogP contribution in [0.1, 0.15) is 24.8 Å². The smallest absolute Gasteiger partial charge is 0.193 e. The average Bonchev–Trinajstić information content (AvgIpc) is 3.43. The maximum Gasteiger partial charge on any atom is 0.193 e. The molecule has 0 aromatic heterocycles. The molecule has 8 heteroatoms. The fourth-order valence-corrected chi connectivity index (χ4v) is 4.46. The Kier molecular flexibility index (Phi) is 10.3. The molecule has 2 fully saturated rings. The van der Waals surface area contributed by atoms with Crippen molar-refractivity contribution in [3.05, 3.63) is 17.7 Å².